The maximum atomic E-state index is 11.1. The molecule has 0 spiro atoms. The second-order valence-electron chi connectivity index (χ2n) is 10.1. The molecule has 0 heterocycles. The van der Waals surface area contributed by atoms with Crippen LogP contribution in [0.5, 0.6) is 0 Å². The van der Waals surface area contributed by atoms with Crippen LogP contribution in [-0.2, 0) is 9.53 Å². The van der Waals surface area contributed by atoms with Gasteiger partial charge < -0.3 is 15.8 Å². The minimum Gasteiger partial charge on any atom is -0.498 e. The largest absolute Gasteiger partial charge is 0.498 e. The van der Waals surface area contributed by atoms with Crippen molar-refractivity contribution >= 4 is 5.91 Å². The smallest absolute Gasteiger partial charge is 0.233 e. The highest BCUT2D eigenvalue weighted by Gasteiger charge is 2.25. The third kappa shape index (κ3) is 17.1. The molecule has 0 bridgehead atoms. The third-order valence-corrected chi connectivity index (χ3v) is 6.87. The topological polar surface area (TPSA) is 64.3 Å². The Morgan fingerprint density at radius 2 is 1.30 bits per heavy atom. The number of amides is 1. The number of carbonyl (C=O) groups excluding carboxylic acids is 1. The van der Waals surface area contributed by atoms with E-state index in [1.807, 2.05) is 0 Å². The number of allylic oxidation sites excluding steroid dienone is 2. The fourth-order valence-corrected chi connectivity index (χ4v) is 4.63. The second-order valence-corrected chi connectivity index (χ2v) is 10.1. The van der Waals surface area contributed by atoms with Crippen molar-refractivity contribution in [3.8, 4) is 0 Å². The summed E-state index contributed by atoms with van der Waals surface area (Å²) in [7, 11) is 0. The van der Waals surface area contributed by atoms with Gasteiger partial charge >= 0.3 is 0 Å². The molecule has 194 valence electrons. The van der Waals surface area contributed by atoms with E-state index >= 15 is 0 Å². The molecule has 0 radical (unpaired) electrons. The molecule has 1 aliphatic carbocycles. The predicted molar refractivity (Wildman–Crippen MR) is 142 cm³/mol. The van der Waals surface area contributed by atoms with E-state index in [1.165, 1.54) is 128 Å². The molecule has 1 rings (SSSR count). The van der Waals surface area contributed by atoms with Crippen LogP contribution < -0.4 is 11.1 Å². The Labute approximate surface area is 205 Å². The summed E-state index contributed by atoms with van der Waals surface area (Å²) in [5, 5.41) is 2.84. The molecule has 0 aromatic heterocycles. The van der Waals surface area contributed by atoms with Crippen LogP contribution in [0.2, 0.25) is 0 Å². The zero-order valence-corrected chi connectivity index (χ0v) is 22.2. The third-order valence-electron chi connectivity index (χ3n) is 6.87. The van der Waals surface area contributed by atoms with Crippen molar-refractivity contribution in [2.24, 2.45) is 11.7 Å². The zero-order valence-electron chi connectivity index (χ0n) is 22.2. The van der Waals surface area contributed by atoms with Gasteiger partial charge in [-0.2, -0.15) is 0 Å². The number of ether oxygens (including phenoxy) is 1. The lowest BCUT2D eigenvalue weighted by Gasteiger charge is -2.22. The molecular formula is C29H56N2O2. The highest BCUT2D eigenvalue weighted by Crippen LogP contribution is 2.39. The van der Waals surface area contributed by atoms with Crippen molar-refractivity contribution in [2.45, 2.75) is 142 Å². The number of unbranched alkanes of at least 4 members (excludes halogenated alkanes) is 13. The molecular weight excluding hydrogens is 408 g/mol. The number of carbonyl (C=O) groups is 1. The molecule has 1 amide bonds. The number of nitrogens with two attached hydrogens (primary N) is 1. The van der Waals surface area contributed by atoms with Crippen LogP contribution in [0.15, 0.2) is 11.3 Å². The minimum absolute atomic E-state index is 0.0482. The monoisotopic (exact) mass is 464 g/mol. The van der Waals surface area contributed by atoms with Crippen LogP contribution in [0, 0.1) is 5.92 Å². The molecule has 1 fully saturated rings. The maximum absolute atomic E-state index is 11.1. The molecule has 1 aliphatic rings. The summed E-state index contributed by atoms with van der Waals surface area (Å²) in [6.45, 7) is 6.34. The Balaban J connectivity index is 2.26. The SMILES string of the molecule is CCCCCCCCC(CCCCCC)C(OCCCCCCCCNC(=O)CN)=C1CC1. The van der Waals surface area contributed by atoms with Gasteiger partial charge in [-0.25, -0.2) is 0 Å². The molecule has 3 N–H and O–H groups in total. The molecule has 0 aromatic carbocycles. The highest BCUT2D eigenvalue weighted by atomic mass is 16.5. The average molecular weight is 465 g/mol. The first-order chi connectivity index (χ1) is 16.2. The molecule has 0 aliphatic heterocycles. The first kappa shape index (κ1) is 30.0. The summed E-state index contributed by atoms with van der Waals surface area (Å²) in [5.74, 6) is 2.04. The van der Waals surface area contributed by atoms with Gasteiger partial charge in [0.2, 0.25) is 5.91 Å². The van der Waals surface area contributed by atoms with E-state index in [4.69, 9.17) is 10.5 Å². The van der Waals surface area contributed by atoms with Crippen LogP contribution in [-0.4, -0.2) is 25.6 Å². The van der Waals surface area contributed by atoms with Crippen molar-refractivity contribution in [2.75, 3.05) is 19.7 Å². The Bertz CT molecular complexity index is 498. The van der Waals surface area contributed by atoms with Crippen molar-refractivity contribution in [1.29, 1.82) is 0 Å². The lowest BCUT2D eigenvalue weighted by Crippen LogP contribution is -2.30. The lowest BCUT2D eigenvalue weighted by molar-refractivity contribution is -0.119. The summed E-state index contributed by atoms with van der Waals surface area (Å²) in [6.07, 6.45) is 26.1. The molecule has 1 saturated carbocycles. The number of hydrogen-bond acceptors (Lipinski definition) is 3. The maximum Gasteiger partial charge on any atom is 0.233 e. The molecule has 1 atom stereocenters. The van der Waals surface area contributed by atoms with Crippen LogP contribution in [0.25, 0.3) is 0 Å². The first-order valence-corrected chi connectivity index (χ1v) is 14.5. The fraction of sp³-hybridized carbons (Fsp3) is 0.897. The van der Waals surface area contributed by atoms with E-state index in [2.05, 4.69) is 19.2 Å². The van der Waals surface area contributed by atoms with Gasteiger partial charge in [-0.3, -0.25) is 4.79 Å². The Morgan fingerprint density at radius 1 is 0.788 bits per heavy atom. The predicted octanol–water partition coefficient (Wildman–Crippen LogP) is 7.80. The van der Waals surface area contributed by atoms with E-state index in [0.717, 1.165) is 19.6 Å². The van der Waals surface area contributed by atoms with Gasteiger partial charge in [-0.05, 0) is 44.1 Å². The Kier molecular flexibility index (Phi) is 19.5. The summed E-state index contributed by atoms with van der Waals surface area (Å²) >= 11 is 0. The van der Waals surface area contributed by atoms with Gasteiger partial charge in [-0.15, -0.1) is 0 Å². The number of hydrogen-bond donors (Lipinski definition) is 2. The zero-order chi connectivity index (χ0) is 24.0. The highest BCUT2D eigenvalue weighted by molar-refractivity contribution is 5.77. The van der Waals surface area contributed by atoms with Gasteiger partial charge in [0, 0.05) is 12.5 Å². The molecule has 4 nitrogen and oxygen atoms in total. The summed E-state index contributed by atoms with van der Waals surface area (Å²) < 4.78 is 6.48. The quantitative estimate of drug-likeness (QED) is 0.113. The second kappa shape index (κ2) is 21.5. The van der Waals surface area contributed by atoms with E-state index in [0.29, 0.717) is 5.92 Å². The summed E-state index contributed by atoms with van der Waals surface area (Å²) in [5.41, 5.74) is 6.92. The normalized spacial score (nSPS) is 13.7. The van der Waals surface area contributed by atoms with Gasteiger partial charge in [-0.1, -0.05) is 104 Å². The first-order valence-electron chi connectivity index (χ1n) is 14.5. The van der Waals surface area contributed by atoms with Crippen LogP contribution >= 0.6 is 0 Å². The molecule has 1 unspecified atom stereocenters. The van der Waals surface area contributed by atoms with Gasteiger partial charge in [0.05, 0.1) is 18.9 Å². The van der Waals surface area contributed by atoms with Crippen LogP contribution in [0.4, 0.5) is 0 Å². The summed E-state index contributed by atoms with van der Waals surface area (Å²) in [6, 6.07) is 0. The van der Waals surface area contributed by atoms with Gasteiger partial charge in [0.15, 0.2) is 0 Å². The van der Waals surface area contributed by atoms with E-state index < -0.39 is 0 Å². The van der Waals surface area contributed by atoms with Crippen molar-refractivity contribution in [3.05, 3.63) is 11.3 Å². The molecule has 4 heteroatoms. The lowest BCUT2D eigenvalue weighted by atomic mass is 9.92. The van der Waals surface area contributed by atoms with E-state index in [-0.39, 0.29) is 12.5 Å². The number of rotatable bonds is 24. The fourth-order valence-electron chi connectivity index (χ4n) is 4.63. The van der Waals surface area contributed by atoms with Crippen molar-refractivity contribution in [1.82, 2.24) is 5.32 Å². The number of nitrogens with one attached hydrogen (secondary N) is 1. The molecule has 0 saturated heterocycles. The van der Waals surface area contributed by atoms with Crippen LogP contribution in [0.1, 0.15) is 142 Å². The van der Waals surface area contributed by atoms with E-state index in [1.54, 1.807) is 5.57 Å². The van der Waals surface area contributed by atoms with Gasteiger partial charge in [0.1, 0.15) is 0 Å². The molecule has 0 aromatic rings. The van der Waals surface area contributed by atoms with Crippen molar-refractivity contribution < 1.29 is 9.53 Å². The Morgan fingerprint density at radius 3 is 1.88 bits per heavy atom. The Hall–Kier alpha value is -1.03. The van der Waals surface area contributed by atoms with Crippen LogP contribution in [0.3, 0.4) is 0 Å². The summed E-state index contributed by atoms with van der Waals surface area (Å²) in [4.78, 5) is 11.1. The van der Waals surface area contributed by atoms with E-state index in [9.17, 15) is 4.79 Å². The molecule has 33 heavy (non-hydrogen) atoms. The van der Waals surface area contributed by atoms with Gasteiger partial charge in [0.25, 0.3) is 0 Å². The van der Waals surface area contributed by atoms with Crippen molar-refractivity contribution in [3.63, 3.8) is 0 Å². The standard InChI is InChI=1S/C29H56N2O2/c1-3-5-7-9-12-16-20-26(19-15-8-6-4-2)29(27-21-22-27)33-24-18-14-11-10-13-17-23-31-28(32)25-30/h26H,3-25,30H2,1-2H3,(H,31,32). The minimum atomic E-state index is -0.0482. The average Bonchev–Trinajstić information content (AvgIpc) is 3.66.